The Morgan fingerprint density at radius 3 is 2.27 bits per heavy atom. The number of carbonyl (C=O) groups excluding carboxylic acids is 3. The molecule has 4 fully saturated rings. The lowest BCUT2D eigenvalue weighted by Crippen LogP contribution is -2.64. The Morgan fingerprint density at radius 2 is 1.62 bits per heavy atom. The maximum Gasteiger partial charge on any atom is 0.309 e. The minimum atomic E-state index is -1.16. The van der Waals surface area contributed by atoms with Gasteiger partial charge in [-0.15, -0.1) is 0 Å². The highest BCUT2D eigenvalue weighted by atomic mass is 16.5. The summed E-state index contributed by atoms with van der Waals surface area (Å²) < 4.78 is 6.12. The van der Waals surface area contributed by atoms with Crippen LogP contribution in [0.1, 0.15) is 130 Å². The number of esters is 1. The largest absolute Gasteiger partial charge is 0.481 e. The van der Waals surface area contributed by atoms with Gasteiger partial charge in [0.1, 0.15) is 6.10 Å². The van der Waals surface area contributed by atoms with Crippen molar-refractivity contribution in [1.29, 1.82) is 0 Å². The van der Waals surface area contributed by atoms with E-state index in [4.69, 9.17) is 4.74 Å². The first-order valence-electron chi connectivity index (χ1n) is 18.3. The van der Waals surface area contributed by atoms with Crippen LogP contribution in [0.3, 0.4) is 0 Å². The molecule has 48 heavy (non-hydrogen) atoms. The number of carboxylic acid groups (broad SMARTS) is 1. The fourth-order valence-corrected chi connectivity index (χ4v) is 12.1. The van der Waals surface area contributed by atoms with Crippen LogP contribution >= 0.6 is 0 Å². The number of nitrogens with one attached hydrogen (secondary N) is 1. The summed E-state index contributed by atoms with van der Waals surface area (Å²) in [5, 5.41) is 13.0. The second kappa shape index (κ2) is 11.8. The molecule has 1 heterocycles. The summed E-state index contributed by atoms with van der Waals surface area (Å²) >= 11 is 0. The number of carboxylic acids is 1. The van der Waals surface area contributed by atoms with Crippen LogP contribution in [0.15, 0.2) is 35.7 Å². The highest BCUT2D eigenvalue weighted by Crippen LogP contribution is 2.72. The molecule has 8 heteroatoms. The maximum absolute atomic E-state index is 13.8. The Balaban J connectivity index is 1.27. The third-order valence-corrected chi connectivity index (χ3v) is 14.3. The Labute approximate surface area is 286 Å². The molecule has 0 bridgehead atoms. The molecule has 1 aromatic rings. The molecule has 0 aliphatic heterocycles. The van der Waals surface area contributed by atoms with E-state index in [0.29, 0.717) is 29.7 Å². The first kappa shape index (κ1) is 34.8. The van der Waals surface area contributed by atoms with Crippen LogP contribution in [0.25, 0.3) is 0 Å². The smallest absolute Gasteiger partial charge is 0.309 e. The molecule has 262 valence electrons. The van der Waals surface area contributed by atoms with Crippen LogP contribution in [-0.4, -0.2) is 45.4 Å². The van der Waals surface area contributed by atoms with Gasteiger partial charge in [-0.3, -0.25) is 24.2 Å². The Morgan fingerprint density at radius 1 is 0.958 bits per heavy atom. The number of hydrogen-bond donors (Lipinski definition) is 2. The summed E-state index contributed by atoms with van der Waals surface area (Å²) in [6.07, 6.45) is 11.0. The lowest BCUT2D eigenvalue weighted by Gasteiger charge is -2.68. The number of amides is 1. The lowest BCUT2D eigenvalue weighted by atomic mass is 9.37. The Kier molecular flexibility index (Phi) is 8.56. The van der Waals surface area contributed by atoms with Gasteiger partial charge in [-0.25, -0.2) is 0 Å². The molecule has 0 saturated heterocycles. The van der Waals surface area contributed by atoms with Gasteiger partial charge in [-0.05, 0) is 129 Å². The number of ketones is 1. The number of allylic oxidation sites excluding steroid dienone is 1. The number of aromatic nitrogens is 1. The SMILES string of the molecule is CC(C)C1=C2C3CCC4C(C)(CCC5C(C)(C)C(OC(=O)CC(C)(C)C(=O)O)CCC54C)C3CCC2(NC(=O)c2ccncc2)CC1=O. The average Bonchev–Trinajstić information content (AvgIpc) is 3.30. The first-order valence-corrected chi connectivity index (χ1v) is 18.3. The van der Waals surface area contributed by atoms with Crippen molar-refractivity contribution in [2.75, 3.05) is 0 Å². The van der Waals surface area contributed by atoms with Crippen molar-refractivity contribution in [3.63, 3.8) is 0 Å². The van der Waals surface area contributed by atoms with E-state index < -0.39 is 22.9 Å². The first-order chi connectivity index (χ1) is 22.4. The van der Waals surface area contributed by atoms with Gasteiger partial charge in [0, 0.05) is 29.8 Å². The van der Waals surface area contributed by atoms with Gasteiger partial charge < -0.3 is 15.2 Å². The average molecular weight is 661 g/mol. The van der Waals surface area contributed by atoms with Crippen molar-refractivity contribution in [3.8, 4) is 0 Å². The van der Waals surface area contributed by atoms with Crippen molar-refractivity contribution >= 4 is 23.6 Å². The number of nitrogens with zero attached hydrogens (tertiary/aromatic N) is 1. The summed E-state index contributed by atoms with van der Waals surface area (Å²) in [7, 11) is 0. The molecule has 5 aliphatic carbocycles. The minimum Gasteiger partial charge on any atom is -0.481 e. The normalized spacial score (nSPS) is 37.2. The molecular weight excluding hydrogens is 604 g/mol. The number of pyridine rings is 1. The standard InChI is InChI=1S/C40H56N2O6/c1-23(2)32-27(43)21-40(42-34(45)24-14-19-41-20-15-24)18-11-26-25(33(32)40)9-10-29-38(26,7)16-12-28-37(5,6)30(13-17-39(28,29)8)48-31(44)22-36(3,4)35(46)47/h14-15,19-20,23,25-26,28-30H,9-13,16-18,21-22H2,1-8H3,(H,42,45)(H,46,47). The molecule has 0 radical (unpaired) electrons. The zero-order valence-electron chi connectivity index (χ0n) is 30.3. The van der Waals surface area contributed by atoms with Crippen LogP contribution in [-0.2, 0) is 19.1 Å². The molecule has 8 atom stereocenters. The van der Waals surface area contributed by atoms with E-state index in [1.54, 1.807) is 38.4 Å². The molecule has 2 N–H and O–H groups in total. The molecule has 0 aromatic carbocycles. The molecule has 8 unspecified atom stereocenters. The van der Waals surface area contributed by atoms with Crippen molar-refractivity contribution in [2.45, 2.75) is 131 Å². The fourth-order valence-electron chi connectivity index (χ4n) is 12.1. The Bertz CT molecular complexity index is 1530. The predicted molar refractivity (Wildman–Crippen MR) is 183 cm³/mol. The second-order valence-corrected chi connectivity index (χ2v) is 18.0. The quantitative estimate of drug-likeness (QED) is 0.289. The topological polar surface area (TPSA) is 123 Å². The van der Waals surface area contributed by atoms with Crippen molar-refractivity contribution in [2.24, 2.45) is 51.2 Å². The fraction of sp³-hybridized carbons (Fsp3) is 0.725. The number of Topliss-reactive ketones (excluding diaryl/α,β-unsaturated/α-hetero) is 1. The van der Waals surface area contributed by atoms with Crippen molar-refractivity contribution in [3.05, 3.63) is 41.2 Å². The van der Waals surface area contributed by atoms with E-state index in [-0.39, 0.29) is 52.3 Å². The van der Waals surface area contributed by atoms with Gasteiger partial charge in [0.2, 0.25) is 0 Å². The summed E-state index contributed by atoms with van der Waals surface area (Å²) in [6.45, 7) is 16.9. The van der Waals surface area contributed by atoms with Gasteiger partial charge >= 0.3 is 11.9 Å². The van der Waals surface area contributed by atoms with E-state index in [1.165, 1.54) is 5.57 Å². The van der Waals surface area contributed by atoms with E-state index >= 15 is 0 Å². The molecule has 8 nitrogen and oxygen atoms in total. The van der Waals surface area contributed by atoms with Crippen LogP contribution in [0.5, 0.6) is 0 Å². The number of rotatable bonds is 7. The van der Waals surface area contributed by atoms with Crippen molar-refractivity contribution in [1.82, 2.24) is 10.3 Å². The molecule has 6 rings (SSSR count). The summed E-state index contributed by atoms with van der Waals surface area (Å²) in [4.78, 5) is 56.2. The number of ether oxygens (including phenoxy) is 1. The predicted octanol–water partition coefficient (Wildman–Crippen LogP) is 7.57. The van der Waals surface area contributed by atoms with Crippen LogP contribution in [0.2, 0.25) is 0 Å². The summed E-state index contributed by atoms with van der Waals surface area (Å²) in [5.41, 5.74) is 0.910. The number of hydrogen-bond acceptors (Lipinski definition) is 6. The van der Waals surface area contributed by atoms with E-state index in [9.17, 15) is 24.3 Å². The van der Waals surface area contributed by atoms with Gasteiger partial charge in [-0.1, -0.05) is 41.5 Å². The summed E-state index contributed by atoms with van der Waals surface area (Å²) in [5.74, 6) is 0.329. The van der Waals surface area contributed by atoms with Crippen LogP contribution < -0.4 is 5.32 Å². The third-order valence-electron chi connectivity index (χ3n) is 14.3. The van der Waals surface area contributed by atoms with Crippen LogP contribution in [0.4, 0.5) is 0 Å². The minimum absolute atomic E-state index is 0.0789. The second-order valence-electron chi connectivity index (χ2n) is 18.0. The van der Waals surface area contributed by atoms with E-state index in [1.807, 2.05) is 0 Å². The van der Waals surface area contributed by atoms with E-state index in [2.05, 4.69) is 51.8 Å². The van der Waals surface area contributed by atoms with Crippen LogP contribution in [0, 0.1) is 51.2 Å². The molecule has 1 aromatic heterocycles. The zero-order valence-corrected chi connectivity index (χ0v) is 30.3. The number of fused-ring (bicyclic) bond motifs is 7. The molecular formula is C40H56N2O6. The molecule has 4 saturated carbocycles. The third kappa shape index (κ3) is 5.35. The van der Waals surface area contributed by atoms with Gasteiger partial charge in [0.15, 0.2) is 5.78 Å². The van der Waals surface area contributed by atoms with Gasteiger partial charge in [0.25, 0.3) is 5.91 Å². The zero-order chi connectivity index (χ0) is 35.0. The van der Waals surface area contributed by atoms with Gasteiger partial charge in [-0.2, -0.15) is 0 Å². The summed E-state index contributed by atoms with van der Waals surface area (Å²) in [6, 6.07) is 3.47. The monoisotopic (exact) mass is 660 g/mol. The van der Waals surface area contributed by atoms with Gasteiger partial charge in [0.05, 0.1) is 17.4 Å². The number of carbonyl (C=O) groups is 4. The highest BCUT2D eigenvalue weighted by molar-refractivity contribution is 6.03. The molecule has 1 amide bonds. The maximum atomic E-state index is 13.8. The Hall–Kier alpha value is -3.03. The highest BCUT2D eigenvalue weighted by Gasteiger charge is 2.67. The van der Waals surface area contributed by atoms with Crippen molar-refractivity contribution < 1.29 is 29.0 Å². The molecule has 0 spiro atoms. The molecule has 5 aliphatic rings. The lowest BCUT2D eigenvalue weighted by molar-refractivity contribution is -0.213. The number of aliphatic carboxylic acids is 1. The van der Waals surface area contributed by atoms with E-state index in [0.717, 1.165) is 56.9 Å².